The molecule has 0 radical (unpaired) electrons. The van der Waals surface area contributed by atoms with Crippen LogP contribution in [0, 0.1) is 5.92 Å². The second-order valence-corrected chi connectivity index (χ2v) is 9.93. The Balaban J connectivity index is 1.69. The van der Waals surface area contributed by atoms with Crippen LogP contribution >= 0.6 is 0 Å². The molecular weight excluding hydrogens is 514 g/mol. The maximum absolute atomic E-state index is 13.2. The van der Waals surface area contributed by atoms with Crippen molar-refractivity contribution in [1.82, 2.24) is 20.5 Å². The van der Waals surface area contributed by atoms with E-state index >= 15 is 0 Å². The lowest BCUT2D eigenvalue weighted by Crippen LogP contribution is -2.45. The first-order valence-electron chi connectivity index (χ1n) is 13.7. The first-order chi connectivity index (χ1) is 19.2. The first kappa shape index (κ1) is 30.3. The van der Waals surface area contributed by atoms with Crippen molar-refractivity contribution in [3.8, 4) is 0 Å². The van der Waals surface area contributed by atoms with Gasteiger partial charge in [-0.1, -0.05) is 44.9 Å². The molecule has 1 aliphatic carbocycles. The number of nitrogens with one attached hydrogen (secondary N) is 4. The zero-order valence-electron chi connectivity index (χ0n) is 22.9. The molecule has 11 nitrogen and oxygen atoms in total. The normalized spacial score (nSPS) is 13.3. The molecule has 1 aliphatic rings. The fourth-order valence-corrected chi connectivity index (χ4v) is 4.00. The van der Waals surface area contributed by atoms with Crippen molar-refractivity contribution in [2.45, 2.75) is 71.0 Å². The number of aromatic nitrogens is 1. The van der Waals surface area contributed by atoms with Crippen LogP contribution in [-0.2, 0) is 25.7 Å². The van der Waals surface area contributed by atoms with Gasteiger partial charge in [-0.25, -0.2) is 0 Å². The summed E-state index contributed by atoms with van der Waals surface area (Å²) in [5.74, 6) is -2.66. The lowest BCUT2D eigenvalue weighted by atomic mass is 10.0. The first-order valence-corrected chi connectivity index (χ1v) is 13.7. The lowest BCUT2D eigenvalue weighted by Gasteiger charge is -2.19. The Morgan fingerprint density at radius 2 is 1.68 bits per heavy atom. The number of pyridine rings is 1. The fraction of sp³-hybridized carbons (Fsp3) is 0.448. The van der Waals surface area contributed by atoms with Crippen LogP contribution in [-0.4, -0.2) is 52.6 Å². The number of rotatable bonds is 15. The number of Topliss-reactive ketones (excluding diaryl/α,β-unsaturated/α-hetero) is 1. The molecule has 40 heavy (non-hydrogen) atoms. The van der Waals surface area contributed by atoms with E-state index in [0.29, 0.717) is 18.0 Å². The predicted octanol–water partition coefficient (Wildman–Crippen LogP) is 1.77. The smallest absolute Gasteiger partial charge is 0.287 e. The number of benzene rings is 1. The second-order valence-electron chi connectivity index (χ2n) is 9.93. The van der Waals surface area contributed by atoms with Gasteiger partial charge in [0.1, 0.15) is 18.3 Å². The highest BCUT2D eigenvalue weighted by Crippen LogP contribution is 2.18. The molecule has 1 saturated carbocycles. The summed E-state index contributed by atoms with van der Waals surface area (Å²) in [6.45, 7) is 4.38. The zero-order valence-corrected chi connectivity index (χ0v) is 22.9. The Morgan fingerprint density at radius 3 is 2.33 bits per heavy atom. The van der Waals surface area contributed by atoms with E-state index in [1.54, 1.807) is 30.3 Å². The van der Waals surface area contributed by atoms with E-state index < -0.39 is 35.1 Å². The van der Waals surface area contributed by atoms with Gasteiger partial charge in [0.25, 0.3) is 17.4 Å². The van der Waals surface area contributed by atoms with E-state index in [9.17, 15) is 28.8 Å². The molecule has 1 aromatic heterocycles. The molecule has 4 amide bonds. The second kappa shape index (κ2) is 14.8. The number of ketones is 1. The topological polar surface area (TPSA) is 155 Å². The van der Waals surface area contributed by atoms with Crippen molar-refractivity contribution in [2.75, 3.05) is 11.9 Å². The molecule has 4 N–H and O–H groups in total. The highest BCUT2D eigenvalue weighted by atomic mass is 16.2. The van der Waals surface area contributed by atoms with Crippen LogP contribution in [0.15, 0.2) is 53.5 Å². The van der Waals surface area contributed by atoms with E-state index in [-0.39, 0.29) is 37.0 Å². The Hall–Kier alpha value is -4.28. The standard InChI is InChI=1S/C29H37N5O6/c1-3-19(4-2)17-30-25(36)18-34-16-8-11-23(29(34)40)33-27(38)22(32-26(37)20-9-6-5-7-10-20)14-15-24(35)28(39)31-21-12-13-21/h5-11,16,19,21-22H,3-4,12-15,17-18H2,1-2H3,(H,30,36)(H,31,39)(H,32,37)(H,33,38)/t22-/m0/s1. The molecule has 0 aliphatic heterocycles. The lowest BCUT2D eigenvalue weighted by molar-refractivity contribution is -0.138. The van der Waals surface area contributed by atoms with Crippen molar-refractivity contribution < 1.29 is 24.0 Å². The minimum absolute atomic E-state index is 0.00961. The third kappa shape index (κ3) is 9.18. The molecule has 0 saturated heterocycles. The van der Waals surface area contributed by atoms with E-state index in [2.05, 4.69) is 21.3 Å². The summed E-state index contributed by atoms with van der Waals surface area (Å²) in [5.41, 5.74) is -0.377. The van der Waals surface area contributed by atoms with Crippen LogP contribution in [0.5, 0.6) is 0 Å². The molecule has 1 atom stereocenters. The molecular formula is C29H37N5O6. The van der Waals surface area contributed by atoms with E-state index in [4.69, 9.17) is 0 Å². The maximum atomic E-state index is 13.2. The summed E-state index contributed by atoms with van der Waals surface area (Å²) >= 11 is 0. The number of anilines is 1. The summed E-state index contributed by atoms with van der Waals surface area (Å²) in [4.78, 5) is 75.8. The molecule has 1 heterocycles. The SMILES string of the molecule is CCC(CC)CNC(=O)Cn1cccc(NC(=O)[C@H](CCC(=O)C(=O)NC2CC2)NC(=O)c2ccccc2)c1=O. The van der Waals surface area contributed by atoms with Crippen molar-refractivity contribution >= 4 is 35.1 Å². The summed E-state index contributed by atoms with van der Waals surface area (Å²) < 4.78 is 1.18. The molecule has 0 unspecified atom stereocenters. The molecule has 0 bridgehead atoms. The van der Waals surface area contributed by atoms with Gasteiger partial charge in [-0.3, -0.25) is 28.8 Å². The van der Waals surface area contributed by atoms with Gasteiger partial charge >= 0.3 is 0 Å². The van der Waals surface area contributed by atoms with Gasteiger partial charge < -0.3 is 25.8 Å². The Kier molecular flexibility index (Phi) is 11.2. The zero-order chi connectivity index (χ0) is 29.1. The van der Waals surface area contributed by atoms with E-state index in [1.807, 2.05) is 13.8 Å². The number of hydrogen-bond acceptors (Lipinski definition) is 6. The number of carbonyl (C=O) groups excluding carboxylic acids is 5. The average Bonchev–Trinajstić information content (AvgIpc) is 3.77. The van der Waals surface area contributed by atoms with Crippen LogP contribution in [0.3, 0.4) is 0 Å². The van der Waals surface area contributed by atoms with Crippen molar-refractivity contribution in [3.63, 3.8) is 0 Å². The molecule has 3 rings (SSSR count). The number of amides is 4. The highest BCUT2D eigenvalue weighted by molar-refractivity contribution is 6.36. The van der Waals surface area contributed by atoms with Crippen molar-refractivity contribution in [1.29, 1.82) is 0 Å². The van der Waals surface area contributed by atoms with Crippen LogP contribution < -0.4 is 26.8 Å². The van der Waals surface area contributed by atoms with Gasteiger partial charge in [0.2, 0.25) is 17.6 Å². The van der Waals surface area contributed by atoms with Gasteiger partial charge in [-0.05, 0) is 49.4 Å². The summed E-state index contributed by atoms with van der Waals surface area (Å²) in [5, 5.41) is 10.6. The summed E-state index contributed by atoms with van der Waals surface area (Å²) in [7, 11) is 0. The van der Waals surface area contributed by atoms with Gasteiger partial charge in [-0.2, -0.15) is 0 Å². The number of carbonyl (C=O) groups is 5. The number of hydrogen-bond donors (Lipinski definition) is 4. The van der Waals surface area contributed by atoms with Crippen molar-refractivity contribution in [2.24, 2.45) is 5.92 Å². The summed E-state index contributed by atoms with van der Waals surface area (Å²) in [6.07, 6.45) is 4.52. The Bertz CT molecular complexity index is 1270. The van der Waals surface area contributed by atoms with Crippen LogP contribution in [0.1, 0.15) is 62.7 Å². The van der Waals surface area contributed by atoms with Crippen LogP contribution in [0.25, 0.3) is 0 Å². The fourth-order valence-electron chi connectivity index (χ4n) is 4.00. The highest BCUT2D eigenvalue weighted by Gasteiger charge is 2.28. The molecule has 0 spiro atoms. The molecule has 214 valence electrons. The third-order valence-corrected chi connectivity index (χ3v) is 6.82. The van der Waals surface area contributed by atoms with Gasteiger partial charge in [-0.15, -0.1) is 0 Å². The van der Waals surface area contributed by atoms with Crippen LogP contribution in [0.4, 0.5) is 5.69 Å². The van der Waals surface area contributed by atoms with Gasteiger partial charge in [0.05, 0.1) is 0 Å². The maximum Gasteiger partial charge on any atom is 0.287 e. The van der Waals surface area contributed by atoms with E-state index in [0.717, 1.165) is 25.7 Å². The quantitative estimate of drug-likeness (QED) is 0.247. The minimum atomic E-state index is -1.21. The number of nitrogens with zero attached hydrogens (tertiary/aromatic N) is 1. The minimum Gasteiger partial charge on any atom is -0.354 e. The Labute approximate surface area is 233 Å². The predicted molar refractivity (Wildman–Crippen MR) is 150 cm³/mol. The van der Waals surface area contributed by atoms with Crippen LogP contribution in [0.2, 0.25) is 0 Å². The molecule has 11 heteroatoms. The summed E-state index contributed by atoms with van der Waals surface area (Å²) in [6, 6.07) is 9.94. The van der Waals surface area contributed by atoms with Gasteiger partial charge in [0, 0.05) is 30.8 Å². The molecule has 1 aromatic carbocycles. The molecule has 1 fully saturated rings. The van der Waals surface area contributed by atoms with Crippen molar-refractivity contribution in [3.05, 3.63) is 64.6 Å². The molecule has 2 aromatic rings. The van der Waals surface area contributed by atoms with Gasteiger partial charge in [0.15, 0.2) is 0 Å². The third-order valence-electron chi connectivity index (χ3n) is 6.82. The van der Waals surface area contributed by atoms with E-state index in [1.165, 1.54) is 22.9 Å². The monoisotopic (exact) mass is 551 g/mol. The average molecular weight is 552 g/mol. The largest absolute Gasteiger partial charge is 0.354 e. The Morgan fingerprint density at radius 1 is 0.975 bits per heavy atom.